The van der Waals surface area contributed by atoms with Crippen LogP contribution >= 0.6 is 0 Å². The van der Waals surface area contributed by atoms with E-state index in [1.165, 1.54) is 24.0 Å². The van der Waals surface area contributed by atoms with Crippen LogP contribution in [0.1, 0.15) is 117 Å². The van der Waals surface area contributed by atoms with Crippen molar-refractivity contribution in [2.75, 3.05) is 80.5 Å². The molecule has 0 unspecified atom stereocenters. The fourth-order valence-electron chi connectivity index (χ4n) is 8.73. The summed E-state index contributed by atoms with van der Waals surface area (Å²) in [6, 6.07) is 24.1. The third-order valence-electron chi connectivity index (χ3n) is 13.0. The molecular formula is C58H75N9O9. The van der Waals surface area contributed by atoms with Gasteiger partial charge in [0.05, 0.1) is 26.4 Å². The Morgan fingerprint density at radius 1 is 0.487 bits per heavy atom. The molecule has 5 aliphatic rings. The van der Waals surface area contributed by atoms with Crippen LogP contribution in [0.3, 0.4) is 0 Å². The lowest BCUT2D eigenvalue weighted by Crippen LogP contribution is -2.31. The van der Waals surface area contributed by atoms with Gasteiger partial charge in [0.2, 0.25) is 41.2 Å². The van der Waals surface area contributed by atoms with Gasteiger partial charge in [-0.3, -0.25) is 19.3 Å². The van der Waals surface area contributed by atoms with Gasteiger partial charge in [0.25, 0.3) is 0 Å². The highest BCUT2D eigenvalue weighted by Gasteiger charge is 2.20. The van der Waals surface area contributed by atoms with Crippen LogP contribution in [0.5, 0.6) is 23.5 Å². The molecule has 1 aromatic carbocycles. The molecule has 0 aliphatic carbocycles. The molecule has 0 radical (unpaired) electrons. The number of fused-ring (bicyclic) bond motifs is 5. The zero-order valence-electron chi connectivity index (χ0n) is 44.0. The Morgan fingerprint density at radius 3 is 1.42 bits per heavy atom. The second-order valence-electron chi connectivity index (χ2n) is 19.0. The van der Waals surface area contributed by atoms with Crippen molar-refractivity contribution in [3.05, 3.63) is 112 Å². The molecule has 0 bridgehead atoms. The van der Waals surface area contributed by atoms with Crippen molar-refractivity contribution in [2.45, 2.75) is 116 Å². The van der Waals surface area contributed by atoms with Gasteiger partial charge in [-0.1, -0.05) is 56.2 Å². The van der Waals surface area contributed by atoms with Gasteiger partial charge in [0.15, 0.2) is 0 Å². The SMILES string of the molecule is CCCCCOc1ccc2c(n1)NC(=O)CC2.O=C1CCc2ccc(OCCCCN3CCc4ccccc4C3)nc2N1.O=C1CCc2ccc(OCCCCO)nc2N1.OCCCCOc1ccc2c(n1)NCC=C2. The molecule has 76 heavy (non-hydrogen) atoms. The number of unbranched alkanes of at least 4 members (excludes halogenated alkanes) is 5. The van der Waals surface area contributed by atoms with E-state index in [1.54, 1.807) is 0 Å². The lowest BCUT2D eigenvalue weighted by molar-refractivity contribution is -0.117. The smallest absolute Gasteiger partial charge is 0.225 e. The number of carbonyl (C=O) groups excluding carboxylic acids is 3. The van der Waals surface area contributed by atoms with Gasteiger partial charge in [-0.25, -0.2) is 0 Å². The van der Waals surface area contributed by atoms with E-state index >= 15 is 0 Å². The van der Waals surface area contributed by atoms with Crippen LogP contribution in [0.4, 0.5) is 23.3 Å². The van der Waals surface area contributed by atoms with Gasteiger partial charge < -0.3 is 50.4 Å². The number of aryl methyl sites for hydroxylation is 3. The highest BCUT2D eigenvalue weighted by molar-refractivity contribution is 5.94. The third-order valence-corrected chi connectivity index (χ3v) is 13.0. The van der Waals surface area contributed by atoms with Crippen molar-refractivity contribution in [1.29, 1.82) is 0 Å². The molecule has 4 aromatic heterocycles. The fourth-order valence-corrected chi connectivity index (χ4v) is 8.73. The van der Waals surface area contributed by atoms with Crippen molar-refractivity contribution in [1.82, 2.24) is 24.8 Å². The summed E-state index contributed by atoms with van der Waals surface area (Å²) in [5.41, 5.74) is 7.28. The minimum atomic E-state index is 0.00225. The number of benzene rings is 1. The van der Waals surface area contributed by atoms with Gasteiger partial charge >= 0.3 is 0 Å². The molecule has 0 saturated heterocycles. The van der Waals surface area contributed by atoms with Gasteiger partial charge in [-0.15, -0.1) is 0 Å². The number of aliphatic hydroxyl groups excluding tert-OH is 2. The summed E-state index contributed by atoms with van der Waals surface area (Å²) < 4.78 is 22.2. The van der Waals surface area contributed by atoms with E-state index in [-0.39, 0.29) is 30.9 Å². The zero-order valence-corrected chi connectivity index (χ0v) is 44.0. The average Bonchev–Trinajstić information content (AvgIpc) is 3.45. The second kappa shape index (κ2) is 31.0. The Kier molecular flexibility index (Phi) is 23.1. The molecule has 9 heterocycles. The number of amides is 3. The first-order chi connectivity index (χ1) is 37.3. The molecule has 5 aliphatic heterocycles. The predicted octanol–water partition coefficient (Wildman–Crippen LogP) is 8.51. The maximum Gasteiger partial charge on any atom is 0.225 e. The molecule has 406 valence electrons. The van der Waals surface area contributed by atoms with Crippen molar-refractivity contribution in [3.63, 3.8) is 0 Å². The number of hydrogen-bond acceptors (Lipinski definition) is 15. The summed E-state index contributed by atoms with van der Waals surface area (Å²) in [6.07, 6.45) is 17.8. The predicted molar refractivity (Wildman–Crippen MR) is 294 cm³/mol. The first kappa shape index (κ1) is 56.6. The lowest BCUT2D eigenvalue weighted by atomic mass is 10.00. The molecule has 0 atom stereocenters. The number of rotatable bonds is 21. The fraction of sp³-hybridized carbons (Fsp3) is 0.466. The summed E-state index contributed by atoms with van der Waals surface area (Å²) >= 11 is 0. The summed E-state index contributed by atoms with van der Waals surface area (Å²) in [4.78, 5) is 53.8. The van der Waals surface area contributed by atoms with E-state index in [1.807, 2.05) is 54.6 Å². The lowest BCUT2D eigenvalue weighted by Gasteiger charge is -2.28. The van der Waals surface area contributed by atoms with E-state index in [0.29, 0.717) is 86.7 Å². The number of hydrogen-bond donors (Lipinski definition) is 6. The number of ether oxygens (including phenoxy) is 4. The number of pyridine rings is 4. The van der Waals surface area contributed by atoms with E-state index in [4.69, 9.17) is 29.2 Å². The first-order valence-corrected chi connectivity index (χ1v) is 27.1. The average molecular weight is 1040 g/mol. The van der Waals surface area contributed by atoms with Crippen molar-refractivity contribution >= 4 is 47.1 Å². The van der Waals surface area contributed by atoms with Crippen LogP contribution in [-0.4, -0.2) is 112 Å². The molecule has 0 spiro atoms. The van der Waals surface area contributed by atoms with Crippen LogP contribution in [0, 0.1) is 0 Å². The molecule has 0 fully saturated rings. The highest BCUT2D eigenvalue weighted by atomic mass is 16.5. The number of nitrogens with one attached hydrogen (secondary N) is 4. The van der Waals surface area contributed by atoms with Crippen LogP contribution in [0.25, 0.3) is 6.08 Å². The minimum absolute atomic E-state index is 0.00225. The number of carbonyl (C=O) groups is 3. The van der Waals surface area contributed by atoms with Crippen molar-refractivity contribution < 1.29 is 43.5 Å². The summed E-state index contributed by atoms with van der Waals surface area (Å²) in [5.74, 6) is 5.23. The van der Waals surface area contributed by atoms with Gasteiger partial charge in [0, 0.05) is 81.9 Å². The molecule has 10 rings (SSSR count). The molecule has 18 heteroatoms. The summed E-state index contributed by atoms with van der Waals surface area (Å²) in [7, 11) is 0. The second-order valence-corrected chi connectivity index (χ2v) is 19.0. The van der Waals surface area contributed by atoms with E-state index in [9.17, 15) is 14.4 Å². The molecule has 0 saturated carbocycles. The van der Waals surface area contributed by atoms with Gasteiger partial charge in [-0.2, -0.15) is 19.9 Å². The quantitative estimate of drug-likeness (QED) is 0.0378. The van der Waals surface area contributed by atoms with E-state index in [0.717, 1.165) is 125 Å². The number of nitrogens with zero attached hydrogens (tertiary/aromatic N) is 5. The monoisotopic (exact) mass is 1040 g/mol. The van der Waals surface area contributed by atoms with Crippen molar-refractivity contribution in [2.24, 2.45) is 0 Å². The molecule has 18 nitrogen and oxygen atoms in total. The Balaban J connectivity index is 0.000000151. The molecule has 3 amide bonds. The summed E-state index contributed by atoms with van der Waals surface area (Å²) in [5, 5.41) is 28.8. The van der Waals surface area contributed by atoms with Gasteiger partial charge in [-0.05, 0) is 129 Å². The van der Waals surface area contributed by atoms with E-state index < -0.39 is 0 Å². The van der Waals surface area contributed by atoms with Crippen LogP contribution in [0.15, 0.2) is 78.9 Å². The Bertz CT molecular complexity index is 2610. The number of aliphatic hydroxyl groups is 2. The van der Waals surface area contributed by atoms with Crippen LogP contribution in [0.2, 0.25) is 0 Å². The van der Waals surface area contributed by atoms with Crippen LogP contribution in [-0.2, 0) is 46.6 Å². The largest absolute Gasteiger partial charge is 0.478 e. The summed E-state index contributed by atoms with van der Waals surface area (Å²) in [6.45, 7) is 9.14. The topological polar surface area (TPSA) is 232 Å². The Labute approximate surface area is 446 Å². The number of anilines is 4. The normalized spacial score (nSPS) is 14.7. The third kappa shape index (κ3) is 18.6. The van der Waals surface area contributed by atoms with Crippen molar-refractivity contribution in [3.8, 4) is 23.5 Å². The standard InChI is InChI=1S/C21H25N3O2.C13H18N2O2.C12H16N2O3.C12H16N2O2/c25-19-9-7-17-8-10-20(23-21(17)22-19)26-14-4-3-12-24-13-11-16-5-1-2-6-18(16)15-24;1-2-3-4-9-17-12-8-6-10-5-7-11(16)14-13(10)15-12;15-7-1-2-8-17-11-6-4-9-3-5-10(16)13-12(9)14-11;15-8-1-2-9-16-11-6-5-10-4-3-7-13-12(10)14-11/h1-2,5-6,8,10H,3-4,7,9,11-15H2,(H,22,23,25);6,8H,2-5,7,9H2,1H3,(H,14,15,16);4,6,15H,1-3,5,7-8H2,(H,13,14,16);3-6,15H,1-2,7-9H2,(H,13,14). The first-order valence-electron chi connectivity index (χ1n) is 27.1. The van der Waals surface area contributed by atoms with Crippen LogP contribution < -0.4 is 40.2 Å². The zero-order chi connectivity index (χ0) is 53.2. The maximum atomic E-state index is 11.5. The molecular weight excluding hydrogens is 967 g/mol. The van der Waals surface area contributed by atoms with E-state index in [2.05, 4.69) is 83.4 Å². The number of aromatic nitrogens is 4. The molecule has 5 aromatic rings. The maximum absolute atomic E-state index is 11.5. The Hall–Kier alpha value is -7.15. The highest BCUT2D eigenvalue weighted by Crippen LogP contribution is 2.27. The van der Waals surface area contributed by atoms with Gasteiger partial charge in [0.1, 0.15) is 23.3 Å². The molecule has 6 N–H and O–H groups in total. The minimum Gasteiger partial charge on any atom is -0.478 e. The Morgan fingerprint density at radius 2 is 0.934 bits per heavy atom.